The van der Waals surface area contributed by atoms with Crippen LogP contribution in [-0.4, -0.2) is 18.4 Å². The molecule has 2 unspecified atom stereocenters. The van der Waals surface area contributed by atoms with Crippen molar-refractivity contribution in [3.63, 3.8) is 0 Å². The van der Waals surface area contributed by atoms with Gasteiger partial charge in [0.05, 0.1) is 6.54 Å². The van der Waals surface area contributed by atoms with Crippen molar-refractivity contribution in [2.75, 3.05) is 6.54 Å². The number of fused-ring (bicyclic) bond motifs is 2. The van der Waals surface area contributed by atoms with Gasteiger partial charge < -0.3 is 11.5 Å². The monoisotopic (exact) mass is 340 g/mol. The Hall–Kier alpha value is -1.40. The van der Waals surface area contributed by atoms with Crippen molar-refractivity contribution in [1.29, 1.82) is 0 Å². The lowest BCUT2D eigenvalue weighted by molar-refractivity contribution is -0.125. The van der Waals surface area contributed by atoms with Crippen molar-refractivity contribution >= 4 is 5.78 Å². The molecule has 0 radical (unpaired) electrons. The van der Waals surface area contributed by atoms with Crippen molar-refractivity contribution in [3.8, 4) is 0 Å². The summed E-state index contributed by atoms with van der Waals surface area (Å²) in [5.41, 5.74) is 11.9. The molecule has 0 aromatic heterocycles. The lowest BCUT2D eigenvalue weighted by atomic mass is 9.69. The number of Topliss-reactive ketones (excluding diaryl/α,β-unsaturated/α-hetero) is 1. The van der Waals surface area contributed by atoms with Gasteiger partial charge in [-0.15, -0.1) is 0 Å². The van der Waals surface area contributed by atoms with Crippen LogP contribution in [0.4, 0.5) is 13.2 Å². The van der Waals surface area contributed by atoms with Gasteiger partial charge >= 0.3 is 0 Å². The molecule has 3 nitrogen and oxygen atoms in total. The number of nitrogens with two attached hydrogens (primary N) is 2. The summed E-state index contributed by atoms with van der Waals surface area (Å²) in [5, 5.41) is 0. The minimum absolute atomic E-state index is 0.0402. The lowest BCUT2D eigenvalue weighted by Crippen LogP contribution is -2.42. The van der Waals surface area contributed by atoms with Crippen molar-refractivity contribution in [3.05, 3.63) is 35.1 Å². The fourth-order valence-corrected chi connectivity index (χ4v) is 4.73. The highest BCUT2D eigenvalue weighted by Crippen LogP contribution is 2.50. The lowest BCUT2D eigenvalue weighted by Gasteiger charge is -2.37. The molecule has 24 heavy (non-hydrogen) atoms. The van der Waals surface area contributed by atoms with Gasteiger partial charge in [0.1, 0.15) is 11.6 Å². The van der Waals surface area contributed by atoms with Crippen molar-refractivity contribution in [2.45, 2.75) is 38.1 Å². The van der Waals surface area contributed by atoms with Crippen molar-refractivity contribution in [2.24, 2.45) is 35.1 Å². The Bertz CT molecular complexity index is 623. The third kappa shape index (κ3) is 3.22. The zero-order valence-corrected chi connectivity index (χ0v) is 13.5. The van der Waals surface area contributed by atoms with Gasteiger partial charge in [-0.05, 0) is 61.5 Å². The first-order valence-electron chi connectivity index (χ1n) is 8.52. The van der Waals surface area contributed by atoms with Crippen LogP contribution in [0.15, 0.2) is 12.1 Å². The molecule has 4 N–H and O–H groups in total. The smallest absolute Gasteiger partial charge is 0.161 e. The van der Waals surface area contributed by atoms with Crippen LogP contribution < -0.4 is 11.5 Å². The average Bonchev–Trinajstić information content (AvgIpc) is 2.81. The number of carbonyl (C=O) groups excluding carboxylic acids is 1. The molecule has 6 heteroatoms. The fraction of sp³-hybridized carbons (Fsp3) is 0.611. The summed E-state index contributed by atoms with van der Waals surface area (Å²) in [6, 6.07) is 1.13. The van der Waals surface area contributed by atoms with E-state index in [-0.39, 0.29) is 42.2 Å². The van der Waals surface area contributed by atoms with Gasteiger partial charge in [0.2, 0.25) is 0 Å². The maximum Gasteiger partial charge on any atom is 0.161 e. The Balaban J connectivity index is 1.68. The standard InChI is InChI=1S/C18H23F3N2O/c19-13-7-15(21)14(20)5-11(13)6-16(23)12-3-9-1-2-10(4-12)18(9)17(24)8-22/h5,7,9-10,12,16,18H,1-4,6,8,22-23H2/t9-,10+,12?,16-,18?/m1/s1. The molecule has 2 bridgehead atoms. The van der Waals surface area contributed by atoms with Crippen LogP contribution in [0.2, 0.25) is 0 Å². The number of rotatable bonds is 5. The molecule has 5 atom stereocenters. The second-order valence-corrected chi connectivity index (χ2v) is 7.25. The van der Waals surface area contributed by atoms with Crippen LogP contribution in [0.25, 0.3) is 0 Å². The van der Waals surface area contributed by atoms with E-state index in [0.717, 1.165) is 31.7 Å². The maximum absolute atomic E-state index is 13.8. The summed E-state index contributed by atoms with van der Waals surface area (Å²) in [4.78, 5) is 12.0. The number of hydrogen-bond acceptors (Lipinski definition) is 3. The minimum atomic E-state index is -1.19. The van der Waals surface area contributed by atoms with Gasteiger partial charge in [0.15, 0.2) is 11.6 Å². The highest BCUT2D eigenvalue weighted by atomic mass is 19.2. The van der Waals surface area contributed by atoms with E-state index in [1.54, 1.807) is 0 Å². The number of ketones is 1. The second kappa shape index (κ2) is 6.84. The van der Waals surface area contributed by atoms with E-state index in [0.29, 0.717) is 17.9 Å². The molecule has 2 aliphatic carbocycles. The minimum Gasteiger partial charge on any atom is -0.327 e. The summed E-state index contributed by atoms with van der Waals surface area (Å²) >= 11 is 0. The summed E-state index contributed by atoms with van der Waals surface area (Å²) in [6.45, 7) is 0.0778. The van der Waals surface area contributed by atoms with E-state index < -0.39 is 17.5 Å². The summed E-state index contributed by atoms with van der Waals surface area (Å²) in [5.74, 6) is -2.09. The van der Waals surface area contributed by atoms with Crippen LogP contribution in [0.5, 0.6) is 0 Å². The van der Waals surface area contributed by atoms with E-state index in [1.165, 1.54) is 0 Å². The molecule has 0 saturated heterocycles. The third-order valence-corrected chi connectivity index (χ3v) is 5.86. The summed E-state index contributed by atoms with van der Waals surface area (Å²) in [6.07, 6.45) is 3.81. The van der Waals surface area contributed by atoms with E-state index in [9.17, 15) is 18.0 Å². The number of benzene rings is 1. The van der Waals surface area contributed by atoms with E-state index >= 15 is 0 Å². The first-order valence-corrected chi connectivity index (χ1v) is 8.52. The Morgan fingerprint density at radius 1 is 1.08 bits per heavy atom. The van der Waals surface area contributed by atoms with Crippen molar-refractivity contribution < 1.29 is 18.0 Å². The van der Waals surface area contributed by atoms with Gasteiger partial charge in [-0.1, -0.05) is 0 Å². The average molecular weight is 340 g/mol. The molecule has 1 aromatic carbocycles. The van der Waals surface area contributed by atoms with E-state index in [2.05, 4.69) is 0 Å². The van der Waals surface area contributed by atoms with Crippen molar-refractivity contribution in [1.82, 2.24) is 0 Å². The normalized spacial score (nSPS) is 30.4. The van der Waals surface area contributed by atoms with Crippen LogP contribution >= 0.6 is 0 Å². The van der Waals surface area contributed by atoms with Crippen LogP contribution in [0.3, 0.4) is 0 Å². The molecule has 1 aromatic rings. The first kappa shape index (κ1) is 17.4. The molecule has 2 aliphatic rings. The molecular formula is C18H23F3N2O. The van der Waals surface area contributed by atoms with Crippen LogP contribution in [-0.2, 0) is 11.2 Å². The van der Waals surface area contributed by atoms with Crippen LogP contribution in [0.1, 0.15) is 31.2 Å². The molecule has 0 spiro atoms. The summed E-state index contributed by atoms with van der Waals surface area (Å²) in [7, 11) is 0. The van der Waals surface area contributed by atoms with Gasteiger partial charge in [0, 0.05) is 18.0 Å². The zero-order chi connectivity index (χ0) is 17.4. The molecule has 2 fully saturated rings. The zero-order valence-electron chi connectivity index (χ0n) is 13.5. The molecule has 0 amide bonds. The molecule has 132 valence electrons. The molecular weight excluding hydrogens is 317 g/mol. The topological polar surface area (TPSA) is 69.1 Å². The fourth-order valence-electron chi connectivity index (χ4n) is 4.73. The number of halogens is 3. The number of carbonyl (C=O) groups is 1. The van der Waals surface area contributed by atoms with Gasteiger partial charge in [-0.25, -0.2) is 13.2 Å². The van der Waals surface area contributed by atoms with Gasteiger partial charge in [-0.2, -0.15) is 0 Å². The SMILES string of the molecule is NCC(=O)C1[C@@H]2CC[C@H]1CC([C@H](N)Cc1cc(F)c(F)cc1F)C2. The largest absolute Gasteiger partial charge is 0.327 e. The molecule has 0 heterocycles. The van der Waals surface area contributed by atoms with Gasteiger partial charge in [0.25, 0.3) is 0 Å². The van der Waals surface area contributed by atoms with E-state index in [1.807, 2.05) is 0 Å². The quantitative estimate of drug-likeness (QED) is 0.810. The maximum atomic E-state index is 13.8. The van der Waals surface area contributed by atoms with E-state index in [4.69, 9.17) is 11.5 Å². The molecule has 3 rings (SSSR count). The first-order chi connectivity index (χ1) is 11.4. The molecule has 0 aliphatic heterocycles. The third-order valence-electron chi connectivity index (χ3n) is 5.86. The predicted octanol–water partition coefficient (Wildman–Crippen LogP) is 2.55. The number of hydrogen-bond donors (Lipinski definition) is 2. The molecule has 2 saturated carbocycles. The Morgan fingerprint density at radius 3 is 2.25 bits per heavy atom. The highest BCUT2D eigenvalue weighted by Gasteiger charge is 2.46. The second-order valence-electron chi connectivity index (χ2n) is 7.25. The Labute approximate surface area is 139 Å². The van der Waals surface area contributed by atoms with Crippen LogP contribution in [0, 0.1) is 41.1 Å². The predicted molar refractivity (Wildman–Crippen MR) is 84.5 cm³/mol. The highest BCUT2D eigenvalue weighted by molar-refractivity contribution is 5.83. The Kier molecular flexibility index (Phi) is 4.97. The Morgan fingerprint density at radius 2 is 1.67 bits per heavy atom. The van der Waals surface area contributed by atoms with Gasteiger partial charge in [-0.3, -0.25) is 4.79 Å². The summed E-state index contributed by atoms with van der Waals surface area (Å²) < 4.78 is 40.2.